The van der Waals surface area contributed by atoms with Crippen LogP contribution >= 0.6 is 27.5 Å². The number of carbonyl (C=O) groups is 1. The minimum Gasteiger partial charge on any atom is -0.355 e. The van der Waals surface area contributed by atoms with Gasteiger partial charge in [0.05, 0.1) is 6.42 Å². The molecule has 0 atom stereocenters. The number of benzene rings is 1. The maximum Gasteiger partial charge on any atom is 0.224 e. The highest BCUT2D eigenvalue weighted by Gasteiger charge is 2.18. The Kier molecular flexibility index (Phi) is 6.16. The van der Waals surface area contributed by atoms with Gasteiger partial charge in [-0.1, -0.05) is 59.6 Å². The highest BCUT2D eigenvalue weighted by molar-refractivity contribution is 9.09. The first kappa shape index (κ1) is 15.5. The molecule has 0 saturated heterocycles. The Balaban J connectivity index is 2.46. The number of amides is 1. The molecule has 0 spiro atoms. The van der Waals surface area contributed by atoms with Crippen molar-refractivity contribution in [2.75, 3.05) is 11.9 Å². The molecule has 0 fully saturated rings. The molecule has 0 unspecified atom stereocenters. The van der Waals surface area contributed by atoms with Crippen LogP contribution in [0.1, 0.15) is 25.8 Å². The molecule has 1 N–H and O–H groups in total. The Bertz CT molecular complexity index is 407. The molecule has 1 rings (SSSR count). The Labute approximate surface area is 122 Å². The molecule has 0 bridgehead atoms. The fraction of sp³-hybridized carbons (Fsp3) is 0.500. The van der Waals surface area contributed by atoms with Gasteiger partial charge in [-0.05, 0) is 23.5 Å². The molecule has 0 aliphatic rings. The molecule has 0 heterocycles. The number of nitrogens with one attached hydrogen (secondary N) is 1. The van der Waals surface area contributed by atoms with Crippen LogP contribution in [0.15, 0.2) is 24.3 Å². The quantitative estimate of drug-likeness (QED) is 0.789. The normalized spacial score (nSPS) is 11.3. The maximum atomic E-state index is 11.8. The number of hydrogen-bond acceptors (Lipinski definition) is 1. The highest BCUT2D eigenvalue weighted by atomic mass is 79.9. The standard InChI is InChI=1S/C14H19BrClNO/c1-14(2,7-8-15)10-17-13(18)9-11-5-3-4-6-12(11)16/h3-6H,7-10H2,1-2H3,(H,17,18). The van der Waals surface area contributed by atoms with E-state index in [1.807, 2.05) is 18.2 Å². The van der Waals surface area contributed by atoms with Crippen LogP contribution in [0.3, 0.4) is 0 Å². The molecule has 0 aliphatic heterocycles. The predicted molar refractivity (Wildman–Crippen MR) is 80.4 cm³/mol. The lowest BCUT2D eigenvalue weighted by Crippen LogP contribution is -2.35. The van der Waals surface area contributed by atoms with E-state index < -0.39 is 0 Å². The van der Waals surface area contributed by atoms with E-state index in [9.17, 15) is 4.79 Å². The molecule has 2 nitrogen and oxygen atoms in total. The van der Waals surface area contributed by atoms with Gasteiger partial charge in [-0.2, -0.15) is 0 Å². The third-order valence-corrected chi connectivity index (χ3v) is 3.61. The Morgan fingerprint density at radius 3 is 2.67 bits per heavy atom. The topological polar surface area (TPSA) is 29.1 Å². The molecule has 1 aromatic rings. The van der Waals surface area contributed by atoms with Crippen molar-refractivity contribution in [1.29, 1.82) is 0 Å². The first-order chi connectivity index (χ1) is 8.44. The number of carbonyl (C=O) groups excluding carboxylic acids is 1. The van der Waals surface area contributed by atoms with Crippen molar-refractivity contribution in [2.24, 2.45) is 5.41 Å². The van der Waals surface area contributed by atoms with Gasteiger partial charge in [0.2, 0.25) is 5.91 Å². The van der Waals surface area contributed by atoms with Crippen molar-refractivity contribution in [1.82, 2.24) is 5.32 Å². The van der Waals surface area contributed by atoms with Crippen LogP contribution in [0.5, 0.6) is 0 Å². The van der Waals surface area contributed by atoms with E-state index in [-0.39, 0.29) is 11.3 Å². The van der Waals surface area contributed by atoms with E-state index in [2.05, 4.69) is 35.1 Å². The predicted octanol–water partition coefficient (Wildman–Crippen LogP) is 3.81. The molecular formula is C14H19BrClNO. The summed E-state index contributed by atoms with van der Waals surface area (Å²) in [5.41, 5.74) is 0.981. The van der Waals surface area contributed by atoms with Gasteiger partial charge in [0, 0.05) is 16.9 Å². The summed E-state index contributed by atoms with van der Waals surface area (Å²) >= 11 is 9.45. The molecule has 18 heavy (non-hydrogen) atoms. The zero-order valence-corrected chi connectivity index (χ0v) is 13.1. The minimum absolute atomic E-state index is 0.0192. The largest absolute Gasteiger partial charge is 0.355 e. The maximum absolute atomic E-state index is 11.8. The van der Waals surface area contributed by atoms with Crippen molar-refractivity contribution in [2.45, 2.75) is 26.7 Å². The molecular weight excluding hydrogens is 314 g/mol. The second kappa shape index (κ2) is 7.15. The first-order valence-corrected chi connectivity index (χ1v) is 7.50. The fourth-order valence-electron chi connectivity index (χ4n) is 1.56. The van der Waals surface area contributed by atoms with Gasteiger partial charge in [-0.15, -0.1) is 0 Å². The molecule has 100 valence electrons. The van der Waals surface area contributed by atoms with E-state index in [1.165, 1.54) is 0 Å². The Morgan fingerprint density at radius 2 is 2.06 bits per heavy atom. The van der Waals surface area contributed by atoms with E-state index in [0.717, 1.165) is 17.3 Å². The van der Waals surface area contributed by atoms with Gasteiger partial charge < -0.3 is 5.32 Å². The lowest BCUT2D eigenvalue weighted by Gasteiger charge is -2.23. The van der Waals surface area contributed by atoms with E-state index in [1.54, 1.807) is 6.07 Å². The summed E-state index contributed by atoms with van der Waals surface area (Å²) in [7, 11) is 0. The lowest BCUT2D eigenvalue weighted by atomic mass is 9.90. The van der Waals surface area contributed by atoms with Gasteiger partial charge in [-0.3, -0.25) is 4.79 Å². The Morgan fingerprint density at radius 1 is 1.39 bits per heavy atom. The molecule has 1 amide bonds. The van der Waals surface area contributed by atoms with Crippen molar-refractivity contribution < 1.29 is 4.79 Å². The number of halogens is 2. The van der Waals surface area contributed by atoms with Gasteiger partial charge >= 0.3 is 0 Å². The molecule has 0 saturated carbocycles. The summed E-state index contributed by atoms with van der Waals surface area (Å²) in [5.74, 6) is 0.0192. The van der Waals surface area contributed by atoms with Crippen LogP contribution in [0, 0.1) is 5.41 Å². The monoisotopic (exact) mass is 331 g/mol. The van der Waals surface area contributed by atoms with E-state index >= 15 is 0 Å². The summed E-state index contributed by atoms with van der Waals surface area (Å²) in [6.45, 7) is 4.97. The smallest absolute Gasteiger partial charge is 0.224 e. The van der Waals surface area contributed by atoms with Gasteiger partial charge in [-0.25, -0.2) is 0 Å². The molecule has 0 aromatic heterocycles. The SMILES string of the molecule is CC(C)(CCBr)CNC(=O)Cc1ccccc1Cl. The van der Waals surface area contributed by atoms with E-state index in [4.69, 9.17) is 11.6 Å². The van der Waals surface area contributed by atoms with Crippen LogP contribution in [0.25, 0.3) is 0 Å². The minimum atomic E-state index is 0.0192. The van der Waals surface area contributed by atoms with Crippen LogP contribution < -0.4 is 5.32 Å². The average molecular weight is 333 g/mol. The number of hydrogen-bond donors (Lipinski definition) is 1. The van der Waals surface area contributed by atoms with Crippen LogP contribution in [-0.4, -0.2) is 17.8 Å². The molecule has 0 aliphatic carbocycles. The Hall–Kier alpha value is -0.540. The molecule has 0 radical (unpaired) electrons. The van der Waals surface area contributed by atoms with Crippen molar-refractivity contribution in [3.05, 3.63) is 34.9 Å². The van der Waals surface area contributed by atoms with Gasteiger partial charge in [0.1, 0.15) is 0 Å². The van der Waals surface area contributed by atoms with Crippen LogP contribution in [-0.2, 0) is 11.2 Å². The zero-order chi connectivity index (χ0) is 13.6. The van der Waals surface area contributed by atoms with Crippen molar-refractivity contribution >= 4 is 33.4 Å². The number of rotatable bonds is 6. The number of alkyl halides is 1. The molecule has 4 heteroatoms. The summed E-state index contributed by atoms with van der Waals surface area (Å²) in [6, 6.07) is 7.44. The zero-order valence-electron chi connectivity index (χ0n) is 10.8. The van der Waals surface area contributed by atoms with Gasteiger partial charge in [0.15, 0.2) is 0 Å². The lowest BCUT2D eigenvalue weighted by molar-refractivity contribution is -0.120. The second-order valence-corrected chi connectivity index (χ2v) is 6.35. The van der Waals surface area contributed by atoms with E-state index in [0.29, 0.717) is 18.0 Å². The second-order valence-electron chi connectivity index (χ2n) is 5.15. The highest BCUT2D eigenvalue weighted by Crippen LogP contribution is 2.20. The molecule has 1 aromatic carbocycles. The summed E-state index contributed by atoms with van der Waals surface area (Å²) < 4.78 is 0. The van der Waals surface area contributed by atoms with Crippen LogP contribution in [0.2, 0.25) is 5.02 Å². The van der Waals surface area contributed by atoms with Crippen molar-refractivity contribution in [3.63, 3.8) is 0 Å². The summed E-state index contributed by atoms with van der Waals surface area (Å²) in [4.78, 5) is 11.8. The summed E-state index contributed by atoms with van der Waals surface area (Å²) in [5, 5.41) is 4.56. The van der Waals surface area contributed by atoms with Crippen molar-refractivity contribution in [3.8, 4) is 0 Å². The average Bonchev–Trinajstić information content (AvgIpc) is 2.30. The van der Waals surface area contributed by atoms with Crippen LogP contribution in [0.4, 0.5) is 0 Å². The third kappa shape index (κ3) is 5.40. The first-order valence-electron chi connectivity index (χ1n) is 6.01. The third-order valence-electron chi connectivity index (χ3n) is 2.84. The summed E-state index contributed by atoms with van der Waals surface area (Å²) in [6.07, 6.45) is 1.36. The fourth-order valence-corrected chi connectivity index (χ4v) is 2.84. The van der Waals surface area contributed by atoms with Gasteiger partial charge in [0.25, 0.3) is 0 Å².